The summed E-state index contributed by atoms with van der Waals surface area (Å²) in [7, 11) is 0. The van der Waals surface area contributed by atoms with Gasteiger partial charge in [0.05, 0.1) is 12.8 Å². The van der Waals surface area contributed by atoms with Gasteiger partial charge in [-0.15, -0.1) is 6.42 Å². The zero-order chi connectivity index (χ0) is 19.2. The highest BCUT2D eigenvalue weighted by Crippen LogP contribution is 2.28. The van der Waals surface area contributed by atoms with Gasteiger partial charge in [-0.2, -0.15) is 0 Å². The second-order valence-electron chi connectivity index (χ2n) is 6.86. The Kier molecular flexibility index (Phi) is 6.12. The number of carbonyl (C=O) groups excluding carboxylic acids is 2. The fourth-order valence-corrected chi connectivity index (χ4v) is 3.69. The fourth-order valence-electron chi connectivity index (χ4n) is 3.69. The number of nitrogens with zero attached hydrogens (tertiary/aromatic N) is 1. The van der Waals surface area contributed by atoms with Crippen molar-refractivity contribution in [2.24, 2.45) is 0 Å². The first-order chi connectivity index (χ1) is 13.1. The molecule has 2 aliphatic rings. The van der Waals surface area contributed by atoms with Crippen molar-refractivity contribution >= 4 is 11.8 Å². The maximum atomic E-state index is 14.6. The maximum absolute atomic E-state index is 14.6. The summed E-state index contributed by atoms with van der Waals surface area (Å²) in [6.07, 6.45) is 14.7. The topological polar surface area (TPSA) is 62.6 Å². The van der Waals surface area contributed by atoms with Crippen LogP contribution in [0, 0.1) is 12.3 Å². The van der Waals surface area contributed by atoms with E-state index in [1.54, 1.807) is 18.2 Å². The van der Waals surface area contributed by atoms with E-state index < -0.39 is 23.7 Å². The van der Waals surface area contributed by atoms with E-state index in [4.69, 9.17) is 10.8 Å². The van der Waals surface area contributed by atoms with Crippen LogP contribution in [0.1, 0.15) is 44.3 Å². The number of halogens is 1. The van der Waals surface area contributed by atoms with E-state index in [0.717, 1.165) is 25.7 Å². The first-order valence-electron chi connectivity index (χ1n) is 9.25. The van der Waals surface area contributed by atoms with Gasteiger partial charge in [0.15, 0.2) is 0 Å². The predicted molar refractivity (Wildman–Crippen MR) is 98.8 cm³/mol. The lowest BCUT2D eigenvalue weighted by molar-refractivity contribution is -0.136. The first-order valence-corrected chi connectivity index (χ1v) is 9.25. The van der Waals surface area contributed by atoms with Crippen molar-refractivity contribution in [1.82, 2.24) is 10.2 Å². The molecule has 1 atom stereocenters. The number of nitrogens with one attached hydrogen (secondary N) is 1. The molecule has 1 heterocycles. The highest BCUT2D eigenvalue weighted by atomic mass is 19.1. The van der Waals surface area contributed by atoms with Crippen LogP contribution in [0.5, 0.6) is 0 Å². The molecule has 3 rings (SSSR count). The van der Waals surface area contributed by atoms with Gasteiger partial charge in [0, 0.05) is 6.04 Å². The average molecular weight is 370 g/mol. The number of hydrogen-bond donors (Lipinski definition) is 1. The molecule has 0 aliphatic heterocycles. The van der Waals surface area contributed by atoms with E-state index in [2.05, 4.69) is 11.2 Å². The molecule has 6 heteroatoms. The molecule has 0 aromatic carbocycles. The first kappa shape index (κ1) is 19.0. The smallest absolute Gasteiger partial charge is 0.299 e. The van der Waals surface area contributed by atoms with Crippen LogP contribution in [0.25, 0.3) is 0 Å². The lowest BCUT2D eigenvalue weighted by Gasteiger charge is -2.32. The van der Waals surface area contributed by atoms with Crippen LogP contribution in [0.2, 0.25) is 0 Å². The lowest BCUT2D eigenvalue weighted by atomic mass is 9.94. The molecule has 142 valence electrons. The van der Waals surface area contributed by atoms with Crippen LogP contribution in [0.4, 0.5) is 4.39 Å². The molecule has 1 aromatic rings. The quantitative estimate of drug-likeness (QED) is 0.782. The molecule has 2 amide bonds. The van der Waals surface area contributed by atoms with E-state index in [1.807, 2.05) is 0 Å². The molecular formula is C21H23FN2O3. The summed E-state index contributed by atoms with van der Waals surface area (Å²) in [5.41, 5.74) is 0.281. The van der Waals surface area contributed by atoms with Crippen LogP contribution in [0.15, 0.2) is 46.4 Å². The molecule has 1 fully saturated rings. The van der Waals surface area contributed by atoms with Gasteiger partial charge in [0.2, 0.25) is 5.91 Å². The molecule has 1 N–H and O–H groups in total. The Morgan fingerprint density at radius 3 is 2.81 bits per heavy atom. The molecule has 1 aromatic heterocycles. The van der Waals surface area contributed by atoms with Gasteiger partial charge in [0.1, 0.15) is 17.6 Å². The number of furan rings is 1. The molecule has 27 heavy (non-hydrogen) atoms. The van der Waals surface area contributed by atoms with Gasteiger partial charge in [-0.25, -0.2) is 4.39 Å². The van der Waals surface area contributed by atoms with Crippen molar-refractivity contribution in [3.05, 3.63) is 47.7 Å². The minimum absolute atomic E-state index is 0.000713. The molecule has 1 saturated carbocycles. The third kappa shape index (κ3) is 4.48. The van der Waals surface area contributed by atoms with Crippen LogP contribution in [-0.4, -0.2) is 28.8 Å². The van der Waals surface area contributed by atoms with E-state index >= 15 is 0 Å². The van der Waals surface area contributed by atoms with Crippen molar-refractivity contribution in [1.29, 1.82) is 0 Å². The highest BCUT2D eigenvalue weighted by molar-refractivity contribution is 5.98. The van der Waals surface area contributed by atoms with Crippen molar-refractivity contribution in [3.63, 3.8) is 0 Å². The van der Waals surface area contributed by atoms with Crippen LogP contribution in [0.3, 0.4) is 0 Å². The third-order valence-corrected chi connectivity index (χ3v) is 5.03. The molecule has 1 unspecified atom stereocenters. The monoisotopic (exact) mass is 370 g/mol. The molecule has 5 nitrogen and oxygen atoms in total. The summed E-state index contributed by atoms with van der Waals surface area (Å²) in [4.78, 5) is 26.8. The van der Waals surface area contributed by atoms with E-state index in [0.29, 0.717) is 18.6 Å². The van der Waals surface area contributed by atoms with Crippen molar-refractivity contribution in [2.75, 3.05) is 0 Å². The normalized spacial score (nSPS) is 18.2. The van der Waals surface area contributed by atoms with Crippen LogP contribution in [-0.2, 0) is 16.1 Å². The van der Waals surface area contributed by atoms with E-state index in [1.165, 1.54) is 17.2 Å². The fraction of sp³-hybridized carbons (Fsp3) is 0.429. The van der Waals surface area contributed by atoms with Gasteiger partial charge in [-0.1, -0.05) is 18.9 Å². The highest BCUT2D eigenvalue weighted by Gasteiger charge is 2.36. The SMILES string of the molecule is C#CC(=O)N(Cc1ccco1)C(C(=O)NC1CCCC1)C1=C(F)C=CCC1. The molecule has 0 radical (unpaired) electrons. The minimum atomic E-state index is -1.09. The third-order valence-electron chi connectivity index (χ3n) is 5.03. The van der Waals surface area contributed by atoms with Gasteiger partial charge in [-0.05, 0) is 55.4 Å². The van der Waals surface area contributed by atoms with Crippen molar-refractivity contribution in [3.8, 4) is 12.3 Å². The Morgan fingerprint density at radius 2 is 2.19 bits per heavy atom. The molecular weight excluding hydrogens is 347 g/mol. The number of carbonyl (C=O) groups is 2. The summed E-state index contributed by atoms with van der Waals surface area (Å²) in [6, 6.07) is 2.33. The Bertz CT molecular complexity index is 783. The number of rotatable bonds is 6. The van der Waals surface area contributed by atoms with Crippen molar-refractivity contribution < 1.29 is 18.4 Å². The van der Waals surface area contributed by atoms with Crippen LogP contribution >= 0.6 is 0 Å². The largest absolute Gasteiger partial charge is 0.467 e. The summed E-state index contributed by atoms with van der Waals surface area (Å²) in [5.74, 6) is 0.991. The second kappa shape index (κ2) is 8.72. The standard InChI is InChI=1S/C21H23FN2O3/c1-2-19(25)24(14-16-10-7-13-27-16)20(17-11-5-6-12-18(17)22)21(26)23-15-8-3-4-9-15/h1,6-7,10,12-13,15,20H,3-5,8-9,11,14H2,(H,23,26). The number of terminal acetylenes is 1. The number of hydrogen-bond acceptors (Lipinski definition) is 3. The second-order valence-corrected chi connectivity index (χ2v) is 6.86. The maximum Gasteiger partial charge on any atom is 0.299 e. The Morgan fingerprint density at radius 1 is 1.41 bits per heavy atom. The van der Waals surface area contributed by atoms with Gasteiger partial charge in [0.25, 0.3) is 5.91 Å². The Labute approximate surface area is 158 Å². The molecule has 0 spiro atoms. The minimum Gasteiger partial charge on any atom is -0.467 e. The summed E-state index contributed by atoms with van der Waals surface area (Å²) >= 11 is 0. The summed E-state index contributed by atoms with van der Waals surface area (Å²) in [6.45, 7) is -0.000713. The van der Waals surface area contributed by atoms with Gasteiger partial charge >= 0.3 is 0 Å². The number of allylic oxidation sites excluding steroid dienone is 3. The van der Waals surface area contributed by atoms with Crippen molar-refractivity contribution in [2.45, 2.75) is 57.2 Å². The summed E-state index contributed by atoms with van der Waals surface area (Å²) < 4.78 is 19.9. The predicted octanol–water partition coefficient (Wildman–Crippen LogP) is 3.24. The zero-order valence-corrected chi connectivity index (χ0v) is 15.1. The average Bonchev–Trinajstić information content (AvgIpc) is 3.36. The van der Waals surface area contributed by atoms with E-state index in [-0.39, 0.29) is 18.2 Å². The van der Waals surface area contributed by atoms with Crippen LogP contribution < -0.4 is 5.32 Å². The Hall–Kier alpha value is -2.81. The van der Waals surface area contributed by atoms with Gasteiger partial charge in [-0.3, -0.25) is 9.59 Å². The Balaban J connectivity index is 1.94. The number of amides is 2. The molecule has 0 bridgehead atoms. The lowest BCUT2D eigenvalue weighted by Crippen LogP contribution is -2.52. The molecule has 2 aliphatic carbocycles. The zero-order valence-electron chi connectivity index (χ0n) is 15.1. The summed E-state index contributed by atoms with van der Waals surface area (Å²) in [5, 5.41) is 2.98. The molecule has 0 saturated heterocycles. The van der Waals surface area contributed by atoms with Gasteiger partial charge < -0.3 is 14.6 Å². The van der Waals surface area contributed by atoms with E-state index in [9.17, 15) is 14.0 Å².